The maximum Gasteiger partial charge on any atom is 0.0204 e. The van der Waals surface area contributed by atoms with Gasteiger partial charge in [0.2, 0.25) is 0 Å². The Hall–Kier alpha value is -0.600. The summed E-state index contributed by atoms with van der Waals surface area (Å²) in [6.07, 6.45) is 10.3. The molecule has 0 spiro atoms. The third kappa shape index (κ3) is 2.70. The maximum absolute atomic E-state index is 3.37. The van der Waals surface area contributed by atoms with Crippen molar-refractivity contribution in [3.05, 3.63) is 24.3 Å². The molecular weight excluding hydrogens is 184 g/mol. The third-order valence-electron chi connectivity index (χ3n) is 3.71. The van der Waals surface area contributed by atoms with Crippen molar-refractivity contribution in [2.75, 3.05) is 26.7 Å². The first-order chi connectivity index (χ1) is 7.29. The molecule has 0 aromatic heterocycles. The van der Waals surface area contributed by atoms with Crippen molar-refractivity contribution >= 4 is 0 Å². The molecule has 0 aromatic rings. The summed E-state index contributed by atoms with van der Waals surface area (Å²) < 4.78 is 0. The van der Waals surface area contributed by atoms with E-state index in [2.05, 4.69) is 48.5 Å². The monoisotopic (exact) mass is 206 g/mol. The van der Waals surface area contributed by atoms with E-state index in [0.717, 1.165) is 0 Å². The van der Waals surface area contributed by atoms with Crippen LogP contribution in [0.15, 0.2) is 24.3 Å². The smallest absolute Gasteiger partial charge is 0.0204 e. The van der Waals surface area contributed by atoms with Gasteiger partial charge in [0.15, 0.2) is 0 Å². The number of hydrogen-bond acceptors (Lipinski definition) is 2. The predicted molar refractivity (Wildman–Crippen MR) is 64.8 cm³/mol. The highest BCUT2D eigenvalue weighted by Crippen LogP contribution is 2.22. The number of likely N-dealkylation sites (tertiary alicyclic amines) is 1. The van der Waals surface area contributed by atoms with Crippen LogP contribution in [0.5, 0.6) is 0 Å². The number of likely N-dealkylation sites (N-methyl/N-ethyl adjacent to an activating group) is 1. The number of allylic oxidation sites excluding steroid dienone is 3. The Morgan fingerprint density at radius 2 is 2.13 bits per heavy atom. The molecule has 1 aliphatic carbocycles. The second-order valence-electron chi connectivity index (χ2n) is 4.83. The molecule has 1 fully saturated rings. The summed E-state index contributed by atoms with van der Waals surface area (Å²) in [4.78, 5) is 2.59. The zero-order valence-electron chi connectivity index (χ0n) is 9.82. The van der Waals surface area contributed by atoms with Gasteiger partial charge in [-0.1, -0.05) is 31.2 Å². The van der Waals surface area contributed by atoms with Crippen LogP contribution in [0.1, 0.15) is 13.3 Å². The molecule has 0 amide bonds. The lowest BCUT2D eigenvalue weighted by Crippen LogP contribution is -2.33. The minimum absolute atomic E-state index is 0.698. The average Bonchev–Trinajstić information content (AvgIpc) is 2.69. The van der Waals surface area contributed by atoms with E-state index in [9.17, 15) is 0 Å². The van der Waals surface area contributed by atoms with Gasteiger partial charge >= 0.3 is 0 Å². The number of nitrogens with one attached hydrogen (secondary N) is 1. The second-order valence-corrected chi connectivity index (χ2v) is 4.83. The molecule has 2 heteroatoms. The van der Waals surface area contributed by atoms with Crippen LogP contribution in [0.25, 0.3) is 0 Å². The number of rotatable bonds is 3. The molecule has 3 atom stereocenters. The van der Waals surface area contributed by atoms with Crippen molar-refractivity contribution in [2.45, 2.75) is 19.4 Å². The highest BCUT2D eigenvalue weighted by atomic mass is 15.2. The topological polar surface area (TPSA) is 15.3 Å². The van der Waals surface area contributed by atoms with Crippen molar-refractivity contribution < 1.29 is 0 Å². The zero-order valence-corrected chi connectivity index (χ0v) is 9.82. The molecule has 2 nitrogen and oxygen atoms in total. The van der Waals surface area contributed by atoms with E-state index < -0.39 is 0 Å². The van der Waals surface area contributed by atoms with E-state index in [-0.39, 0.29) is 0 Å². The van der Waals surface area contributed by atoms with Crippen molar-refractivity contribution in [1.82, 2.24) is 10.2 Å². The van der Waals surface area contributed by atoms with E-state index in [4.69, 9.17) is 0 Å². The molecule has 2 rings (SSSR count). The SMILES string of the molecule is CN[C@@H]1CCN(CC2C=CC=CC2C)C1. The zero-order chi connectivity index (χ0) is 10.7. The summed E-state index contributed by atoms with van der Waals surface area (Å²) in [6, 6.07) is 0.711. The molecule has 0 saturated carbocycles. The van der Waals surface area contributed by atoms with Gasteiger partial charge < -0.3 is 10.2 Å². The normalized spacial score (nSPS) is 36.3. The van der Waals surface area contributed by atoms with E-state index in [1.807, 2.05) is 0 Å². The van der Waals surface area contributed by atoms with Crippen LogP contribution >= 0.6 is 0 Å². The summed E-state index contributed by atoms with van der Waals surface area (Å²) in [6.45, 7) is 6.01. The van der Waals surface area contributed by atoms with Crippen LogP contribution < -0.4 is 5.32 Å². The molecule has 84 valence electrons. The van der Waals surface area contributed by atoms with Crippen LogP contribution in [0.4, 0.5) is 0 Å². The first-order valence-corrected chi connectivity index (χ1v) is 6.04. The van der Waals surface area contributed by atoms with Crippen molar-refractivity contribution in [3.63, 3.8) is 0 Å². The largest absolute Gasteiger partial charge is 0.316 e. The van der Waals surface area contributed by atoms with Gasteiger partial charge in [-0.25, -0.2) is 0 Å². The lowest BCUT2D eigenvalue weighted by Gasteiger charge is -2.26. The molecule has 1 saturated heterocycles. The first kappa shape index (κ1) is 10.9. The number of hydrogen-bond donors (Lipinski definition) is 1. The maximum atomic E-state index is 3.37. The fourth-order valence-electron chi connectivity index (χ4n) is 2.52. The Bertz CT molecular complexity index is 257. The molecule has 0 aromatic carbocycles. The van der Waals surface area contributed by atoms with E-state index in [1.165, 1.54) is 26.1 Å². The number of nitrogens with zero attached hydrogens (tertiary/aromatic N) is 1. The van der Waals surface area contributed by atoms with Crippen molar-refractivity contribution in [2.24, 2.45) is 11.8 Å². The minimum atomic E-state index is 0.698. The summed E-state index contributed by atoms with van der Waals surface area (Å²) in [5.74, 6) is 1.41. The highest BCUT2D eigenvalue weighted by molar-refractivity contribution is 5.14. The lowest BCUT2D eigenvalue weighted by atomic mass is 9.90. The molecular formula is C13H22N2. The summed E-state index contributed by atoms with van der Waals surface area (Å²) >= 11 is 0. The summed E-state index contributed by atoms with van der Waals surface area (Å²) in [7, 11) is 2.07. The molecule has 1 heterocycles. The van der Waals surface area contributed by atoms with Crippen molar-refractivity contribution in [3.8, 4) is 0 Å². The van der Waals surface area contributed by atoms with Gasteiger partial charge in [-0.3, -0.25) is 0 Å². The molecule has 2 aliphatic rings. The fraction of sp³-hybridized carbons (Fsp3) is 0.692. The molecule has 2 unspecified atom stereocenters. The van der Waals surface area contributed by atoms with E-state index in [1.54, 1.807) is 0 Å². The molecule has 0 bridgehead atoms. The standard InChI is InChI=1S/C13H22N2/c1-11-5-3-4-6-12(11)9-15-8-7-13(10-15)14-2/h3-6,11-14H,7-10H2,1-2H3/t11?,12?,13-/m1/s1. The van der Waals surface area contributed by atoms with Crippen LogP contribution in [-0.2, 0) is 0 Å². The predicted octanol–water partition coefficient (Wildman–Crippen LogP) is 1.66. The molecule has 1 aliphatic heterocycles. The van der Waals surface area contributed by atoms with Gasteiger partial charge in [0, 0.05) is 19.1 Å². The van der Waals surface area contributed by atoms with Crippen LogP contribution in [0, 0.1) is 11.8 Å². The quantitative estimate of drug-likeness (QED) is 0.755. The fourth-order valence-corrected chi connectivity index (χ4v) is 2.52. The Labute approximate surface area is 93.0 Å². The van der Waals surface area contributed by atoms with Gasteiger partial charge in [-0.15, -0.1) is 0 Å². The van der Waals surface area contributed by atoms with Gasteiger partial charge in [0.25, 0.3) is 0 Å². The molecule has 0 radical (unpaired) electrons. The Kier molecular flexibility index (Phi) is 3.60. The molecule has 15 heavy (non-hydrogen) atoms. The Balaban J connectivity index is 1.82. The summed E-state index contributed by atoms with van der Waals surface area (Å²) in [5.41, 5.74) is 0. The minimum Gasteiger partial charge on any atom is -0.316 e. The Morgan fingerprint density at radius 3 is 2.80 bits per heavy atom. The summed E-state index contributed by atoms with van der Waals surface area (Å²) in [5, 5.41) is 3.37. The highest BCUT2D eigenvalue weighted by Gasteiger charge is 2.24. The van der Waals surface area contributed by atoms with E-state index >= 15 is 0 Å². The van der Waals surface area contributed by atoms with Crippen LogP contribution in [0.2, 0.25) is 0 Å². The van der Waals surface area contributed by atoms with Gasteiger partial charge in [-0.05, 0) is 31.8 Å². The van der Waals surface area contributed by atoms with Gasteiger partial charge in [0.05, 0.1) is 0 Å². The Morgan fingerprint density at radius 1 is 1.33 bits per heavy atom. The lowest BCUT2D eigenvalue weighted by molar-refractivity contribution is 0.272. The average molecular weight is 206 g/mol. The van der Waals surface area contributed by atoms with Crippen LogP contribution in [0.3, 0.4) is 0 Å². The van der Waals surface area contributed by atoms with Crippen molar-refractivity contribution in [1.29, 1.82) is 0 Å². The second kappa shape index (κ2) is 4.95. The van der Waals surface area contributed by atoms with Gasteiger partial charge in [-0.2, -0.15) is 0 Å². The van der Waals surface area contributed by atoms with Crippen LogP contribution in [-0.4, -0.2) is 37.6 Å². The first-order valence-electron chi connectivity index (χ1n) is 6.04. The molecule has 1 N–H and O–H groups in total. The van der Waals surface area contributed by atoms with Gasteiger partial charge in [0.1, 0.15) is 0 Å². The van der Waals surface area contributed by atoms with E-state index in [0.29, 0.717) is 17.9 Å². The third-order valence-corrected chi connectivity index (χ3v) is 3.71.